The third-order valence-corrected chi connectivity index (χ3v) is 4.58. The molecule has 0 amide bonds. The number of piperidine rings is 1. The molecule has 0 atom stereocenters. The van der Waals surface area contributed by atoms with Crippen LogP contribution < -0.4 is 9.64 Å². The van der Waals surface area contributed by atoms with Crippen molar-refractivity contribution in [2.75, 3.05) is 24.6 Å². The van der Waals surface area contributed by atoms with Gasteiger partial charge in [-0.25, -0.2) is 15.0 Å². The first-order valence-corrected chi connectivity index (χ1v) is 8.78. The van der Waals surface area contributed by atoms with Crippen LogP contribution >= 0.6 is 11.6 Å². The number of rotatable bonds is 6. The van der Waals surface area contributed by atoms with Gasteiger partial charge in [0, 0.05) is 13.1 Å². The maximum atomic E-state index is 5.68. The highest BCUT2D eigenvalue weighted by atomic mass is 35.5. The summed E-state index contributed by atoms with van der Waals surface area (Å²) in [6, 6.07) is 0. The van der Waals surface area contributed by atoms with Crippen LogP contribution in [0.25, 0.3) is 0 Å². The van der Waals surface area contributed by atoms with Crippen LogP contribution in [0.1, 0.15) is 31.9 Å². The molecule has 0 saturated carbocycles. The molecule has 1 aliphatic heterocycles. The van der Waals surface area contributed by atoms with Gasteiger partial charge in [0.2, 0.25) is 5.28 Å². The van der Waals surface area contributed by atoms with Gasteiger partial charge in [0.1, 0.15) is 5.82 Å². The van der Waals surface area contributed by atoms with Crippen molar-refractivity contribution >= 4 is 17.4 Å². The van der Waals surface area contributed by atoms with Crippen molar-refractivity contribution in [3.8, 4) is 5.75 Å². The molecule has 0 bridgehead atoms. The summed E-state index contributed by atoms with van der Waals surface area (Å²) in [5, 5.41) is 0.241. The van der Waals surface area contributed by atoms with Crippen LogP contribution in [-0.4, -0.2) is 39.6 Å². The molecule has 0 spiro atoms. The molecule has 24 heavy (non-hydrogen) atoms. The Morgan fingerprint density at radius 3 is 2.46 bits per heavy atom. The summed E-state index contributed by atoms with van der Waals surface area (Å²) in [6.45, 7) is 4.82. The van der Waals surface area contributed by atoms with Gasteiger partial charge in [0.25, 0.3) is 0 Å². The van der Waals surface area contributed by atoms with Crippen LogP contribution in [-0.2, 0) is 6.42 Å². The number of hydrogen-bond donors (Lipinski definition) is 0. The van der Waals surface area contributed by atoms with E-state index in [1.807, 2.05) is 12.4 Å². The molecular weight excluding hydrogens is 326 g/mol. The highest BCUT2D eigenvalue weighted by Gasteiger charge is 2.20. The van der Waals surface area contributed by atoms with Gasteiger partial charge in [-0.3, -0.25) is 4.98 Å². The van der Waals surface area contributed by atoms with E-state index in [0.29, 0.717) is 18.3 Å². The summed E-state index contributed by atoms with van der Waals surface area (Å²) in [7, 11) is 0. The topological polar surface area (TPSA) is 64.0 Å². The standard InChI is InChI=1S/C17H22ClN5O/c1-2-14-9-20-16(12-19-14)23-6-3-13(4-7-23)5-8-24-15-10-21-17(18)22-11-15/h9-13H,2-8H2,1H3. The summed E-state index contributed by atoms with van der Waals surface area (Å²) in [6.07, 6.45) is 11.2. The third kappa shape index (κ3) is 4.54. The summed E-state index contributed by atoms with van der Waals surface area (Å²) >= 11 is 5.66. The van der Waals surface area contributed by atoms with Crippen LogP contribution in [0.2, 0.25) is 5.28 Å². The zero-order chi connectivity index (χ0) is 16.8. The molecule has 0 unspecified atom stereocenters. The second-order valence-electron chi connectivity index (χ2n) is 5.97. The first kappa shape index (κ1) is 16.9. The van der Waals surface area contributed by atoms with E-state index in [1.165, 1.54) is 0 Å². The van der Waals surface area contributed by atoms with E-state index in [1.54, 1.807) is 12.4 Å². The van der Waals surface area contributed by atoms with Gasteiger partial charge < -0.3 is 9.64 Å². The summed E-state index contributed by atoms with van der Waals surface area (Å²) in [5.74, 6) is 2.33. The quantitative estimate of drug-likeness (QED) is 0.748. The minimum Gasteiger partial charge on any atom is -0.490 e. The lowest BCUT2D eigenvalue weighted by molar-refractivity contribution is 0.257. The van der Waals surface area contributed by atoms with Crippen molar-refractivity contribution in [1.29, 1.82) is 0 Å². The predicted molar refractivity (Wildman–Crippen MR) is 93.5 cm³/mol. The Kier molecular flexibility index (Phi) is 5.80. The Labute approximate surface area is 147 Å². The van der Waals surface area contributed by atoms with E-state index in [0.717, 1.165) is 50.3 Å². The lowest BCUT2D eigenvalue weighted by atomic mass is 9.94. The Bertz CT molecular complexity index is 626. The maximum Gasteiger partial charge on any atom is 0.222 e. The normalized spacial score (nSPS) is 15.5. The summed E-state index contributed by atoms with van der Waals surface area (Å²) in [5.41, 5.74) is 1.04. The lowest BCUT2D eigenvalue weighted by Gasteiger charge is -2.32. The minimum atomic E-state index is 0.241. The number of hydrogen-bond acceptors (Lipinski definition) is 6. The summed E-state index contributed by atoms with van der Waals surface area (Å²) < 4.78 is 5.68. The van der Waals surface area contributed by atoms with E-state index in [4.69, 9.17) is 16.3 Å². The second kappa shape index (κ2) is 8.24. The van der Waals surface area contributed by atoms with Crippen LogP contribution in [0.5, 0.6) is 5.75 Å². The van der Waals surface area contributed by atoms with Gasteiger partial charge >= 0.3 is 0 Å². The zero-order valence-corrected chi connectivity index (χ0v) is 14.6. The fraction of sp³-hybridized carbons (Fsp3) is 0.529. The smallest absolute Gasteiger partial charge is 0.222 e. The van der Waals surface area contributed by atoms with Gasteiger partial charge in [0.15, 0.2) is 5.75 Å². The molecule has 3 rings (SSSR count). The molecule has 6 nitrogen and oxygen atoms in total. The summed E-state index contributed by atoms with van der Waals surface area (Å²) in [4.78, 5) is 19.1. The van der Waals surface area contributed by atoms with Crippen molar-refractivity contribution in [2.24, 2.45) is 5.92 Å². The Morgan fingerprint density at radius 2 is 1.83 bits per heavy atom. The Morgan fingerprint density at radius 1 is 1.08 bits per heavy atom. The predicted octanol–water partition coefficient (Wildman–Crippen LogP) is 3.17. The SMILES string of the molecule is CCc1cnc(N2CCC(CCOc3cnc(Cl)nc3)CC2)cn1. The first-order valence-electron chi connectivity index (χ1n) is 8.41. The van der Waals surface area contributed by atoms with Crippen molar-refractivity contribution in [3.63, 3.8) is 0 Å². The molecule has 0 radical (unpaired) electrons. The molecule has 1 aliphatic rings. The molecule has 0 N–H and O–H groups in total. The van der Waals surface area contributed by atoms with Crippen molar-refractivity contribution in [3.05, 3.63) is 35.8 Å². The molecule has 3 heterocycles. The lowest BCUT2D eigenvalue weighted by Crippen LogP contribution is -2.34. The number of ether oxygens (including phenoxy) is 1. The molecule has 128 valence electrons. The largest absolute Gasteiger partial charge is 0.490 e. The van der Waals surface area contributed by atoms with Gasteiger partial charge in [-0.05, 0) is 43.2 Å². The van der Waals surface area contributed by atoms with Crippen molar-refractivity contribution in [1.82, 2.24) is 19.9 Å². The van der Waals surface area contributed by atoms with Crippen LogP contribution in [0.4, 0.5) is 5.82 Å². The van der Waals surface area contributed by atoms with E-state index in [9.17, 15) is 0 Å². The third-order valence-electron chi connectivity index (χ3n) is 4.38. The molecule has 0 aromatic carbocycles. The molecule has 0 aliphatic carbocycles. The first-order chi connectivity index (χ1) is 11.7. The minimum absolute atomic E-state index is 0.241. The fourth-order valence-corrected chi connectivity index (χ4v) is 2.96. The Hall–Kier alpha value is -1.95. The number of anilines is 1. The van der Waals surface area contributed by atoms with Crippen molar-refractivity contribution < 1.29 is 4.74 Å². The maximum absolute atomic E-state index is 5.68. The van der Waals surface area contributed by atoms with E-state index in [2.05, 4.69) is 31.8 Å². The van der Waals surface area contributed by atoms with Crippen molar-refractivity contribution in [2.45, 2.75) is 32.6 Å². The van der Waals surface area contributed by atoms with Gasteiger partial charge in [-0.1, -0.05) is 6.92 Å². The molecule has 1 fully saturated rings. The van der Waals surface area contributed by atoms with Gasteiger partial charge in [-0.15, -0.1) is 0 Å². The van der Waals surface area contributed by atoms with E-state index >= 15 is 0 Å². The highest BCUT2D eigenvalue weighted by molar-refractivity contribution is 6.28. The van der Waals surface area contributed by atoms with Gasteiger partial charge in [-0.2, -0.15) is 0 Å². The van der Waals surface area contributed by atoms with E-state index in [-0.39, 0.29) is 5.28 Å². The van der Waals surface area contributed by atoms with Crippen LogP contribution in [0.3, 0.4) is 0 Å². The van der Waals surface area contributed by atoms with E-state index < -0.39 is 0 Å². The highest BCUT2D eigenvalue weighted by Crippen LogP contribution is 2.24. The number of aryl methyl sites for hydroxylation is 1. The second-order valence-corrected chi connectivity index (χ2v) is 6.31. The molecule has 1 saturated heterocycles. The molecular formula is C17H22ClN5O. The number of halogens is 1. The number of nitrogens with zero attached hydrogens (tertiary/aromatic N) is 5. The monoisotopic (exact) mass is 347 g/mol. The fourth-order valence-electron chi connectivity index (χ4n) is 2.86. The Balaban J connectivity index is 1.40. The van der Waals surface area contributed by atoms with Crippen LogP contribution in [0, 0.1) is 5.92 Å². The molecule has 2 aromatic rings. The van der Waals surface area contributed by atoms with Gasteiger partial charge in [0.05, 0.1) is 37.1 Å². The van der Waals surface area contributed by atoms with Crippen LogP contribution in [0.15, 0.2) is 24.8 Å². The molecule has 2 aromatic heterocycles. The average Bonchev–Trinajstić information content (AvgIpc) is 2.64. The number of aromatic nitrogens is 4. The zero-order valence-electron chi connectivity index (χ0n) is 13.9. The molecule has 7 heteroatoms. The average molecular weight is 348 g/mol.